The van der Waals surface area contributed by atoms with E-state index >= 15 is 0 Å². The molecule has 3 aromatic rings. The summed E-state index contributed by atoms with van der Waals surface area (Å²) in [5.41, 5.74) is 5.78. The minimum Gasteiger partial charge on any atom is -0.484 e. The summed E-state index contributed by atoms with van der Waals surface area (Å²) in [5, 5.41) is 9.50. The second-order valence-corrected chi connectivity index (χ2v) is 7.75. The molecular weight excluding hydrogens is 456 g/mol. The Kier molecular flexibility index (Phi) is 8.37. The molecule has 0 spiro atoms. The van der Waals surface area contributed by atoms with Gasteiger partial charge in [0.1, 0.15) is 5.75 Å². The SMILES string of the molecule is Cc1ccc(NC(=O)C(=O)N/N=C\c2ccc(OCC(=O)Nc3ccccc3C)cc2)cc1Cl. The number of benzene rings is 3. The monoisotopic (exact) mass is 478 g/mol. The highest BCUT2D eigenvalue weighted by atomic mass is 35.5. The van der Waals surface area contributed by atoms with E-state index in [0.717, 1.165) is 16.8 Å². The molecule has 3 N–H and O–H groups in total. The summed E-state index contributed by atoms with van der Waals surface area (Å²) in [7, 11) is 0. The highest BCUT2D eigenvalue weighted by Gasteiger charge is 2.13. The highest BCUT2D eigenvalue weighted by Crippen LogP contribution is 2.20. The van der Waals surface area contributed by atoms with E-state index in [1.165, 1.54) is 6.21 Å². The number of nitrogens with zero attached hydrogens (tertiary/aromatic N) is 1. The highest BCUT2D eigenvalue weighted by molar-refractivity contribution is 6.39. The van der Waals surface area contributed by atoms with E-state index in [2.05, 4.69) is 21.2 Å². The predicted octanol–water partition coefficient (Wildman–Crippen LogP) is 4.06. The number of amides is 3. The minimum atomic E-state index is -0.924. The summed E-state index contributed by atoms with van der Waals surface area (Å²) in [6.45, 7) is 3.60. The van der Waals surface area contributed by atoms with Crippen molar-refractivity contribution in [1.82, 2.24) is 5.43 Å². The Labute approximate surface area is 202 Å². The van der Waals surface area contributed by atoms with Crippen molar-refractivity contribution in [2.75, 3.05) is 17.2 Å². The number of carbonyl (C=O) groups excluding carboxylic acids is 3. The third-order valence-electron chi connectivity index (χ3n) is 4.68. The number of anilines is 2. The van der Waals surface area contributed by atoms with Crippen LogP contribution in [0, 0.1) is 13.8 Å². The van der Waals surface area contributed by atoms with Gasteiger partial charge >= 0.3 is 11.8 Å². The summed E-state index contributed by atoms with van der Waals surface area (Å²) in [5.74, 6) is -1.57. The zero-order valence-corrected chi connectivity index (χ0v) is 19.3. The molecule has 0 aromatic heterocycles. The Bertz CT molecular complexity index is 1230. The smallest absolute Gasteiger partial charge is 0.329 e. The summed E-state index contributed by atoms with van der Waals surface area (Å²) < 4.78 is 5.49. The Hall–Kier alpha value is -4.17. The van der Waals surface area contributed by atoms with Crippen LogP contribution in [0.1, 0.15) is 16.7 Å². The molecule has 0 atom stereocenters. The van der Waals surface area contributed by atoms with Crippen LogP contribution in [0.3, 0.4) is 0 Å². The molecule has 0 aliphatic carbocycles. The van der Waals surface area contributed by atoms with Gasteiger partial charge in [0.2, 0.25) is 0 Å². The fourth-order valence-corrected chi connectivity index (χ4v) is 2.95. The molecule has 174 valence electrons. The van der Waals surface area contributed by atoms with Crippen molar-refractivity contribution in [2.24, 2.45) is 5.10 Å². The number of ether oxygens (including phenoxy) is 1. The fourth-order valence-electron chi connectivity index (χ4n) is 2.77. The molecule has 0 aliphatic heterocycles. The first-order valence-corrected chi connectivity index (χ1v) is 10.7. The van der Waals surface area contributed by atoms with Crippen LogP contribution >= 0.6 is 11.6 Å². The van der Waals surface area contributed by atoms with Crippen LogP contribution in [0.2, 0.25) is 5.02 Å². The molecule has 0 radical (unpaired) electrons. The summed E-state index contributed by atoms with van der Waals surface area (Å²) >= 11 is 6.01. The van der Waals surface area contributed by atoms with Crippen molar-refractivity contribution in [3.8, 4) is 5.75 Å². The van der Waals surface area contributed by atoms with Crippen LogP contribution in [-0.2, 0) is 14.4 Å². The topological polar surface area (TPSA) is 109 Å². The van der Waals surface area contributed by atoms with E-state index in [0.29, 0.717) is 22.0 Å². The van der Waals surface area contributed by atoms with Gasteiger partial charge in [-0.1, -0.05) is 35.9 Å². The molecule has 0 bridgehead atoms. The molecule has 3 rings (SSSR count). The molecule has 3 aromatic carbocycles. The van der Waals surface area contributed by atoms with Crippen LogP contribution in [-0.4, -0.2) is 30.5 Å². The zero-order valence-electron chi connectivity index (χ0n) is 18.6. The molecule has 0 heterocycles. The molecule has 3 amide bonds. The summed E-state index contributed by atoms with van der Waals surface area (Å²) in [4.78, 5) is 36.0. The Balaban J connectivity index is 1.44. The quantitative estimate of drug-likeness (QED) is 0.270. The third kappa shape index (κ3) is 7.18. The number of hydrogen-bond donors (Lipinski definition) is 3. The molecule has 0 unspecified atom stereocenters. The number of hydrogen-bond acceptors (Lipinski definition) is 5. The summed E-state index contributed by atoms with van der Waals surface area (Å²) in [6.07, 6.45) is 1.38. The number of nitrogens with one attached hydrogen (secondary N) is 3. The second kappa shape index (κ2) is 11.6. The Morgan fingerprint density at radius 1 is 0.912 bits per heavy atom. The second-order valence-electron chi connectivity index (χ2n) is 7.34. The van der Waals surface area contributed by atoms with Crippen molar-refractivity contribution in [3.63, 3.8) is 0 Å². The maximum Gasteiger partial charge on any atom is 0.329 e. The molecule has 0 saturated heterocycles. The first kappa shape index (κ1) is 24.5. The normalized spacial score (nSPS) is 10.6. The summed E-state index contributed by atoms with van der Waals surface area (Å²) in [6, 6.07) is 19.1. The van der Waals surface area contributed by atoms with E-state index in [9.17, 15) is 14.4 Å². The van der Waals surface area contributed by atoms with E-state index in [-0.39, 0.29) is 12.5 Å². The Morgan fingerprint density at radius 3 is 2.35 bits per heavy atom. The van der Waals surface area contributed by atoms with E-state index in [1.54, 1.807) is 42.5 Å². The van der Waals surface area contributed by atoms with Crippen molar-refractivity contribution in [1.29, 1.82) is 0 Å². The van der Waals surface area contributed by atoms with Gasteiger partial charge in [-0.05, 0) is 73.0 Å². The van der Waals surface area contributed by atoms with Crippen LogP contribution in [0.4, 0.5) is 11.4 Å². The lowest BCUT2D eigenvalue weighted by atomic mass is 10.2. The van der Waals surface area contributed by atoms with Gasteiger partial charge in [0, 0.05) is 16.4 Å². The number of hydrazone groups is 1. The molecule has 0 aliphatic rings. The first-order chi connectivity index (χ1) is 16.3. The average Bonchev–Trinajstić information content (AvgIpc) is 2.82. The van der Waals surface area contributed by atoms with Gasteiger partial charge in [0.25, 0.3) is 5.91 Å². The molecule has 8 nitrogen and oxygen atoms in total. The van der Waals surface area contributed by atoms with Gasteiger partial charge in [0.15, 0.2) is 6.61 Å². The van der Waals surface area contributed by atoms with Gasteiger partial charge in [-0.2, -0.15) is 5.10 Å². The van der Waals surface area contributed by atoms with Crippen LogP contribution < -0.4 is 20.8 Å². The van der Waals surface area contributed by atoms with Crippen LogP contribution in [0.15, 0.2) is 71.8 Å². The third-order valence-corrected chi connectivity index (χ3v) is 5.09. The van der Waals surface area contributed by atoms with Crippen molar-refractivity contribution in [2.45, 2.75) is 13.8 Å². The number of aryl methyl sites for hydroxylation is 2. The minimum absolute atomic E-state index is 0.140. The molecule has 0 fully saturated rings. The number of rotatable bonds is 7. The lowest BCUT2D eigenvalue weighted by Crippen LogP contribution is -2.32. The standard InChI is InChI=1S/C25H23ClN4O4/c1-16-7-10-19(13-21(16)26)28-24(32)25(33)30-27-14-18-8-11-20(12-9-18)34-15-23(31)29-22-6-4-3-5-17(22)2/h3-14H,15H2,1-2H3,(H,28,32)(H,29,31)(H,30,33)/b27-14-. The zero-order chi connectivity index (χ0) is 24.5. The largest absolute Gasteiger partial charge is 0.484 e. The molecule has 0 saturated carbocycles. The number of carbonyl (C=O) groups is 3. The van der Waals surface area contributed by atoms with E-state index < -0.39 is 11.8 Å². The lowest BCUT2D eigenvalue weighted by Gasteiger charge is -2.09. The van der Waals surface area contributed by atoms with Crippen molar-refractivity contribution < 1.29 is 19.1 Å². The van der Waals surface area contributed by atoms with Gasteiger partial charge in [-0.3, -0.25) is 14.4 Å². The van der Waals surface area contributed by atoms with E-state index in [4.69, 9.17) is 16.3 Å². The number of para-hydroxylation sites is 1. The maximum absolute atomic E-state index is 12.1. The molecular formula is C25H23ClN4O4. The van der Waals surface area contributed by atoms with Crippen molar-refractivity contribution in [3.05, 3.63) is 88.4 Å². The molecule has 34 heavy (non-hydrogen) atoms. The van der Waals surface area contributed by atoms with Gasteiger partial charge in [-0.15, -0.1) is 0 Å². The maximum atomic E-state index is 12.1. The first-order valence-electron chi connectivity index (χ1n) is 10.3. The average molecular weight is 479 g/mol. The van der Waals surface area contributed by atoms with Gasteiger partial charge in [-0.25, -0.2) is 5.43 Å². The van der Waals surface area contributed by atoms with E-state index in [1.807, 2.05) is 38.1 Å². The van der Waals surface area contributed by atoms with Crippen LogP contribution in [0.5, 0.6) is 5.75 Å². The fraction of sp³-hybridized carbons (Fsp3) is 0.120. The predicted molar refractivity (Wildman–Crippen MR) is 132 cm³/mol. The molecule has 9 heteroatoms. The van der Waals surface area contributed by atoms with Crippen molar-refractivity contribution >= 4 is 46.9 Å². The lowest BCUT2D eigenvalue weighted by molar-refractivity contribution is -0.136. The Morgan fingerprint density at radius 2 is 1.65 bits per heavy atom. The van der Waals surface area contributed by atoms with Gasteiger partial charge < -0.3 is 15.4 Å². The van der Waals surface area contributed by atoms with Gasteiger partial charge in [0.05, 0.1) is 6.21 Å². The number of halogens is 1. The van der Waals surface area contributed by atoms with Crippen LogP contribution in [0.25, 0.3) is 0 Å².